The van der Waals surface area contributed by atoms with E-state index < -0.39 is 0 Å². The number of aromatic amines is 1. The number of H-pyrrole nitrogens is 1. The first-order valence-electron chi connectivity index (χ1n) is 7.80. The average Bonchev–Trinajstić information content (AvgIpc) is 3.05. The van der Waals surface area contributed by atoms with Crippen LogP contribution in [0.4, 0.5) is 0 Å². The molecule has 0 bridgehead atoms. The number of nitrogens with one attached hydrogen (secondary N) is 2. The summed E-state index contributed by atoms with van der Waals surface area (Å²) in [5.41, 5.74) is 4.83. The molecular formula is C19H22N2O. The van der Waals surface area contributed by atoms with Crippen LogP contribution in [-0.4, -0.2) is 16.7 Å². The fourth-order valence-electron chi connectivity index (χ4n) is 2.81. The van der Waals surface area contributed by atoms with Crippen molar-refractivity contribution < 1.29 is 5.11 Å². The van der Waals surface area contributed by atoms with Crippen LogP contribution in [0.15, 0.2) is 54.7 Å². The molecule has 2 aromatic carbocycles. The smallest absolute Gasteiger partial charge is 0.0626 e. The van der Waals surface area contributed by atoms with Crippen molar-refractivity contribution in [3.05, 3.63) is 71.4 Å². The average molecular weight is 294 g/mol. The zero-order valence-electron chi connectivity index (χ0n) is 12.8. The predicted octanol–water partition coefficient (Wildman–Crippen LogP) is 3.55. The van der Waals surface area contributed by atoms with E-state index in [0.717, 1.165) is 24.0 Å². The van der Waals surface area contributed by atoms with Crippen LogP contribution in [0, 0.1) is 0 Å². The van der Waals surface area contributed by atoms with Gasteiger partial charge in [-0.2, -0.15) is 0 Å². The Hall–Kier alpha value is -2.10. The number of fused-ring (bicyclic) bond motifs is 1. The van der Waals surface area contributed by atoms with E-state index in [4.69, 9.17) is 0 Å². The molecular weight excluding hydrogens is 272 g/mol. The van der Waals surface area contributed by atoms with E-state index in [1.807, 2.05) is 6.20 Å². The second-order valence-corrected chi connectivity index (χ2v) is 5.57. The molecule has 3 N–H and O–H groups in total. The van der Waals surface area contributed by atoms with Crippen LogP contribution in [0.3, 0.4) is 0 Å². The quantitative estimate of drug-likeness (QED) is 0.651. The van der Waals surface area contributed by atoms with Crippen LogP contribution in [0.5, 0.6) is 0 Å². The molecule has 0 saturated heterocycles. The maximum Gasteiger partial charge on any atom is 0.0626 e. The molecule has 0 aliphatic rings. The molecule has 1 aromatic heterocycles. The Morgan fingerprint density at radius 2 is 1.91 bits per heavy atom. The third-order valence-corrected chi connectivity index (χ3v) is 4.20. The number of hydrogen-bond donors (Lipinski definition) is 3. The first-order chi connectivity index (χ1) is 10.8. The van der Waals surface area contributed by atoms with Crippen LogP contribution in [0.2, 0.25) is 0 Å². The third kappa shape index (κ3) is 3.06. The number of aryl methyl sites for hydroxylation is 1. The molecule has 0 aliphatic heterocycles. The van der Waals surface area contributed by atoms with E-state index in [-0.39, 0.29) is 12.6 Å². The Balaban J connectivity index is 1.74. The van der Waals surface area contributed by atoms with Gasteiger partial charge in [-0.3, -0.25) is 0 Å². The van der Waals surface area contributed by atoms with Gasteiger partial charge in [-0.25, -0.2) is 0 Å². The fraction of sp³-hybridized carbons (Fsp3) is 0.263. The van der Waals surface area contributed by atoms with E-state index in [0.29, 0.717) is 0 Å². The van der Waals surface area contributed by atoms with Crippen LogP contribution >= 0.6 is 0 Å². The second-order valence-electron chi connectivity index (χ2n) is 5.57. The Labute approximate surface area is 131 Å². The summed E-state index contributed by atoms with van der Waals surface area (Å²) in [7, 11) is 0. The van der Waals surface area contributed by atoms with Crippen molar-refractivity contribution in [3.63, 3.8) is 0 Å². The summed E-state index contributed by atoms with van der Waals surface area (Å²) in [5.74, 6) is 0. The molecule has 1 heterocycles. The number of aromatic nitrogens is 1. The maximum atomic E-state index is 9.69. The van der Waals surface area contributed by atoms with Crippen LogP contribution in [-0.2, 0) is 13.0 Å². The highest BCUT2D eigenvalue weighted by molar-refractivity contribution is 5.82. The number of rotatable bonds is 6. The SMILES string of the molecule is CCc1ccc(C(CO)NCc2cccc3[nH]ccc23)cc1. The summed E-state index contributed by atoms with van der Waals surface area (Å²) in [4.78, 5) is 3.23. The first kappa shape index (κ1) is 14.8. The molecule has 1 atom stereocenters. The van der Waals surface area contributed by atoms with Crippen molar-refractivity contribution in [1.82, 2.24) is 10.3 Å². The monoisotopic (exact) mass is 294 g/mol. The molecule has 0 fully saturated rings. The minimum absolute atomic E-state index is 0.0416. The molecule has 22 heavy (non-hydrogen) atoms. The summed E-state index contributed by atoms with van der Waals surface area (Å²) < 4.78 is 0. The molecule has 0 radical (unpaired) electrons. The maximum absolute atomic E-state index is 9.69. The number of benzene rings is 2. The second kappa shape index (κ2) is 6.77. The predicted molar refractivity (Wildman–Crippen MR) is 90.8 cm³/mol. The molecule has 114 valence electrons. The summed E-state index contributed by atoms with van der Waals surface area (Å²) in [6, 6.07) is 16.8. The molecule has 3 nitrogen and oxygen atoms in total. The van der Waals surface area contributed by atoms with Crippen molar-refractivity contribution >= 4 is 10.9 Å². The lowest BCUT2D eigenvalue weighted by molar-refractivity contribution is 0.244. The summed E-state index contributed by atoms with van der Waals surface area (Å²) >= 11 is 0. The van der Waals surface area contributed by atoms with Gasteiger partial charge in [-0.05, 0) is 35.2 Å². The summed E-state index contributed by atoms with van der Waals surface area (Å²) in [6.07, 6.45) is 2.99. The lowest BCUT2D eigenvalue weighted by Crippen LogP contribution is -2.24. The lowest BCUT2D eigenvalue weighted by atomic mass is 10.0. The molecule has 3 rings (SSSR count). The van der Waals surface area contributed by atoms with Crippen LogP contribution in [0.1, 0.15) is 29.7 Å². The molecule has 0 spiro atoms. The van der Waals surface area contributed by atoms with Gasteiger partial charge < -0.3 is 15.4 Å². The van der Waals surface area contributed by atoms with Crippen LogP contribution in [0.25, 0.3) is 10.9 Å². The minimum Gasteiger partial charge on any atom is -0.394 e. The van der Waals surface area contributed by atoms with Crippen molar-refractivity contribution in [2.24, 2.45) is 0 Å². The zero-order chi connectivity index (χ0) is 15.4. The molecule has 1 unspecified atom stereocenters. The van der Waals surface area contributed by atoms with E-state index in [9.17, 15) is 5.11 Å². The molecule has 0 saturated carbocycles. The first-order valence-corrected chi connectivity index (χ1v) is 7.80. The number of hydrogen-bond acceptors (Lipinski definition) is 2. The van der Waals surface area contributed by atoms with Gasteiger partial charge in [0.2, 0.25) is 0 Å². The Kier molecular flexibility index (Phi) is 4.56. The van der Waals surface area contributed by atoms with Gasteiger partial charge in [0.05, 0.1) is 12.6 Å². The van der Waals surface area contributed by atoms with Crippen molar-refractivity contribution in [3.8, 4) is 0 Å². The van der Waals surface area contributed by atoms with Crippen molar-refractivity contribution in [1.29, 1.82) is 0 Å². The van der Waals surface area contributed by atoms with Gasteiger partial charge in [0.1, 0.15) is 0 Å². The summed E-state index contributed by atoms with van der Waals surface area (Å²) in [6.45, 7) is 2.97. The van der Waals surface area contributed by atoms with E-state index in [1.165, 1.54) is 16.5 Å². The normalized spacial score (nSPS) is 12.6. The molecule has 3 heteroatoms. The van der Waals surface area contributed by atoms with E-state index in [1.54, 1.807) is 0 Å². The van der Waals surface area contributed by atoms with Gasteiger partial charge in [0, 0.05) is 23.6 Å². The van der Waals surface area contributed by atoms with Gasteiger partial charge in [0.25, 0.3) is 0 Å². The fourth-order valence-corrected chi connectivity index (χ4v) is 2.81. The third-order valence-electron chi connectivity index (χ3n) is 4.20. The highest BCUT2D eigenvalue weighted by Gasteiger charge is 2.10. The molecule has 0 aliphatic carbocycles. The highest BCUT2D eigenvalue weighted by atomic mass is 16.3. The Morgan fingerprint density at radius 3 is 2.64 bits per heavy atom. The molecule has 3 aromatic rings. The van der Waals surface area contributed by atoms with Gasteiger partial charge in [0.15, 0.2) is 0 Å². The van der Waals surface area contributed by atoms with Crippen LogP contribution < -0.4 is 5.32 Å². The number of aliphatic hydroxyl groups is 1. The highest BCUT2D eigenvalue weighted by Crippen LogP contribution is 2.19. The largest absolute Gasteiger partial charge is 0.394 e. The lowest BCUT2D eigenvalue weighted by Gasteiger charge is -2.17. The Morgan fingerprint density at radius 1 is 1.09 bits per heavy atom. The van der Waals surface area contributed by atoms with Gasteiger partial charge in [-0.15, -0.1) is 0 Å². The number of aliphatic hydroxyl groups excluding tert-OH is 1. The topological polar surface area (TPSA) is 48.0 Å². The van der Waals surface area contributed by atoms with Crippen molar-refractivity contribution in [2.75, 3.05) is 6.61 Å². The van der Waals surface area contributed by atoms with E-state index >= 15 is 0 Å². The van der Waals surface area contributed by atoms with E-state index in [2.05, 4.69) is 65.8 Å². The zero-order valence-corrected chi connectivity index (χ0v) is 12.8. The minimum atomic E-state index is -0.0416. The molecule has 0 amide bonds. The Bertz CT molecular complexity index is 731. The van der Waals surface area contributed by atoms with Gasteiger partial charge >= 0.3 is 0 Å². The summed E-state index contributed by atoms with van der Waals surface area (Å²) in [5, 5.41) is 14.4. The van der Waals surface area contributed by atoms with Crippen molar-refractivity contribution in [2.45, 2.75) is 25.9 Å². The van der Waals surface area contributed by atoms with Gasteiger partial charge in [-0.1, -0.05) is 43.3 Å². The standard InChI is InChI=1S/C19H22N2O/c1-2-14-6-8-15(9-7-14)19(13-22)21-12-16-4-3-5-18-17(16)10-11-20-18/h3-11,19-22H,2,12-13H2,1H3.